The van der Waals surface area contributed by atoms with Crippen LogP contribution < -0.4 is 0 Å². The van der Waals surface area contributed by atoms with E-state index < -0.39 is 5.41 Å². The van der Waals surface area contributed by atoms with Crippen LogP contribution in [0.5, 0.6) is 0 Å². The van der Waals surface area contributed by atoms with Gasteiger partial charge >= 0.3 is 0 Å². The zero-order chi connectivity index (χ0) is 16.0. The standard InChI is InChI=1S/C19H20N2O/c1-18(12-21)8-6-17-15(16(18)7-10-20)4-3-13-11-14(22)5-9-19(13,17)2/h3-5,9,11,15-17H,6-8H2,1-2H3/t15-,16?,17-,18+,19-/m0/s1. The van der Waals surface area contributed by atoms with Crippen molar-refractivity contribution in [3.05, 3.63) is 36.0 Å². The molecule has 3 nitrogen and oxygen atoms in total. The zero-order valence-electron chi connectivity index (χ0n) is 13.0. The van der Waals surface area contributed by atoms with Crippen LogP contribution in [0.4, 0.5) is 0 Å². The van der Waals surface area contributed by atoms with E-state index in [-0.39, 0.29) is 23.0 Å². The molecule has 0 N–H and O–H groups in total. The summed E-state index contributed by atoms with van der Waals surface area (Å²) in [6, 6.07) is 4.75. The second kappa shape index (κ2) is 4.96. The second-order valence-corrected chi connectivity index (χ2v) is 7.20. The van der Waals surface area contributed by atoms with Crippen LogP contribution in [-0.2, 0) is 4.79 Å². The number of fused-ring (bicyclic) bond motifs is 3. The molecule has 0 heterocycles. The van der Waals surface area contributed by atoms with Crippen LogP contribution in [0.25, 0.3) is 0 Å². The average Bonchev–Trinajstić information content (AvgIpc) is 2.51. The fourth-order valence-corrected chi connectivity index (χ4v) is 4.59. The van der Waals surface area contributed by atoms with Gasteiger partial charge in [0.05, 0.1) is 17.6 Å². The van der Waals surface area contributed by atoms with Gasteiger partial charge in [0.15, 0.2) is 5.78 Å². The molecule has 3 aliphatic rings. The lowest BCUT2D eigenvalue weighted by molar-refractivity contribution is -0.110. The van der Waals surface area contributed by atoms with E-state index in [0.717, 1.165) is 18.4 Å². The maximum absolute atomic E-state index is 11.7. The lowest BCUT2D eigenvalue weighted by atomic mass is 9.49. The van der Waals surface area contributed by atoms with E-state index in [2.05, 4.69) is 25.1 Å². The summed E-state index contributed by atoms with van der Waals surface area (Å²) in [4.78, 5) is 11.7. The first-order chi connectivity index (χ1) is 10.4. The molecule has 0 saturated heterocycles. The summed E-state index contributed by atoms with van der Waals surface area (Å²) in [6.45, 7) is 4.18. The highest BCUT2D eigenvalue weighted by Crippen LogP contribution is 2.58. The smallest absolute Gasteiger partial charge is 0.178 e. The van der Waals surface area contributed by atoms with Crippen LogP contribution in [0.3, 0.4) is 0 Å². The molecule has 1 fully saturated rings. The minimum Gasteiger partial charge on any atom is -0.290 e. The van der Waals surface area contributed by atoms with Gasteiger partial charge in [-0.15, -0.1) is 0 Å². The van der Waals surface area contributed by atoms with E-state index in [1.54, 1.807) is 12.2 Å². The predicted molar refractivity (Wildman–Crippen MR) is 83.1 cm³/mol. The Morgan fingerprint density at radius 1 is 1.32 bits per heavy atom. The molecule has 3 heteroatoms. The van der Waals surface area contributed by atoms with Crippen molar-refractivity contribution in [3.63, 3.8) is 0 Å². The molecule has 0 bridgehead atoms. The van der Waals surface area contributed by atoms with E-state index in [0.29, 0.717) is 12.3 Å². The molecule has 5 atom stereocenters. The molecule has 0 aromatic rings. The Bertz CT molecular complexity index is 687. The summed E-state index contributed by atoms with van der Waals surface area (Å²) >= 11 is 0. The largest absolute Gasteiger partial charge is 0.290 e. The monoisotopic (exact) mass is 292 g/mol. The Balaban J connectivity index is 2.06. The Hall–Kier alpha value is -2.13. The van der Waals surface area contributed by atoms with E-state index in [9.17, 15) is 15.3 Å². The molecule has 22 heavy (non-hydrogen) atoms. The van der Waals surface area contributed by atoms with Crippen molar-refractivity contribution < 1.29 is 4.79 Å². The highest BCUT2D eigenvalue weighted by molar-refractivity contribution is 6.01. The SMILES string of the molecule is C[C@]1(C#N)CC[C@H]2[C@@H](C=CC3=CC(=O)C=C[C@@]32C)C1CC#N. The normalized spacial score (nSPS) is 42.6. The van der Waals surface area contributed by atoms with Gasteiger partial charge in [-0.2, -0.15) is 10.5 Å². The minimum atomic E-state index is -0.437. The topological polar surface area (TPSA) is 64.7 Å². The van der Waals surface area contributed by atoms with Crippen molar-refractivity contribution in [3.8, 4) is 12.1 Å². The number of hydrogen-bond acceptors (Lipinski definition) is 3. The fraction of sp³-hybridized carbons (Fsp3) is 0.526. The molecule has 0 amide bonds. The second-order valence-electron chi connectivity index (χ2n) is 7.20. The van der Waals surface area contributed by atoms with Gasteiger partial charge in [0.25, 0.3) is 0 Å². The zero-order valence-corrected chi connectivity index (χ0v) is 13.0. The molecule has 0 aliphatic heterocycles. The summed E-state index contributed by atoms with van der Waals surface area (Å²) in [5, 5.41) is 18.8. The average molecular weight is 292 g/mol. The van der Waals surface area contributed by atoms with E-state index >= 15 is 0 Å². The minimum absolute atomic E-state index is 0.0434. The summed E-state index contributed by atoms with van der Waals surface area (Å²) < 4.78 is 0. The summed E-state index contributed by atoms with van der Waals surface area (Å²) in [6.07, 6.45) is 11.8. The lowest BCUT2D eigenvalue weighted by Gasteiger charge is -2.53. The Labute approximate surface area is 131 Å². The molecule has 0 aromatic heterocycles. The number of carbonyl (C=O) groups excluding carboxylic acids is 1. The third-order valence-electron chi connectivity index (χ3n) is 6.07. The predicted octanol–water partition coefficient (Wildman–Crippen LogP) is 3.71. The van der Waals surface area contributed by atoms with Crippen LogP contribution in [0.1, 0.15) is 33.1 Å². The van der Waals surface area contributed by atoms with E-state index in [1.807, 2.05) is 19.1 Å². The number of carbonyl (C=O) groups is 1. The molecule has 0 spiro atoms. The third kappa shape index (κ3) is 1.97. The van der Waals surface area contributed by atoms with Crippen molar-refractivity contribution in [2.45, 2.75) is 33.1 Å². The highest BCUT2D eigenvalue weighted by Gasteiger charge is 2.53. The van der Waals surface area contributed by atoms with E-state index in [1.165, 1.54) is 0 Å². The fourth-order valence-electron chi connectivity index (χ4n) is 4.59. The number of nitriles is 2. The first kappa shape index (κ1) is 14.8. The van der Waals surface area contributed by atoms with Gasteiger partial charge in [-0.3, -0.25) is 4.79 Å². The molecular formula is C19H20N2O. The van der Waals surface area contributed by atoms with Crippen LogP contribution >= 0.6 is 0 Å². The molecule has 112 valence electrons. The van der Waals surface area contributed by atoms with Crippen molar-refractivity contribution in [2.24, 2.45) is 28.6 Å². The number of nitrogens with zero attached hydrogens (tertiary/aromatic N) is 2. The van der Waals surface area contributed by atoms with Crippen molar-refractivity contribution in [1.29, 1.82) is 10.5 Å². The van der Waals surface area contributed by atoms with Gasteiger partial charge in [0, 0.05) is 11.8 Å². The number of rotatable bonds is 1. The molecule has 0 radical (unpaired) electrons. The van der Waals surface area contributed by atoms with Crippen LogP contribution in [-0.4, -0.2) is 5.78 Å². The lowest BCUT2D eigenvalue weighted by Crippen LogP contribution is -2.47. The first-order valence-corrected chi connectivity index (χ1v) is 7.86. The maximum atomic E-state index is 11.7. The van der Waals surface area contributed by atoms with Crippen LogP contribution in [0.2, 0.25) is 0 Å². The summed E-state index contributed by atoms with van der Waals surface area (Å²) in [5.41, 5.74) is 0.475. The third-order valence-corrected chi connectivity index (χ3v) is 6.07. The van der Waals surface area contributed by atoms with Gasteiger partial charge in [-0.05, 0) is 55.2 Å². The van der Waals surface area contributed by atoms with Gasteiger partial charge in [0.2, 0.25) is 0 Å². The molecule has 0 aromatic carbocycles. The molecule has 1 unspecified atom stereocenters. The van der Waals surface area contributed by atoms with Gasteiger partial charge in [-0.25, -0.2) is 0 Å². The maximum Gasteiger partial charge on any atom is 0.178 e. The Morgan fingerprint density at radius 2 is 2.09 bits per heavy atom. The van der Waals surface area contributed by atoms with Crippen molar-refractivity contribution in [2.75, 3.05) is 0 Å². The van der Waals surface area contributed by atoms with Crippen LogP contribution in [0.15, 0.2) is 36.0 Å². The number of allylic oxidation sites excluding steroid dienone is 6. The molecular weight excluding hydrogens is 272 g/mol. The highest BCUT2D eigenvalue weighted by atomic mass is 16.1. The number of hydrogen-bond donors (Lipinski definition) is 0. The Morgan fingerprint density at radius 3 is 2.77 bits per heavy atom. The van der Waals surface area contributed by atoms with Crippen molar-refractivity contribution in [1.82, 2.24) is 0 Å². The van der Waals surface area contributed by atoms with Crippen molar-refractivity contribution >= 4 is 5.78 Å². The van der Waals surface area contributed by atoms with Gasteiger partial charge < -0.3 is 0 Å². The number of ketones is 1. The molecule has 1 saturated carbocycles. The summed E-state index contributed by atoms with van der Waals surface area (Å²) in [5.74, 6) is 0.676. The van der Waals surface area contributed by atoms with Crippen LogP contribution in [0, 0.1) is 51.2 Å². The first-order valence-electron chi connectivity index (χ1n) is 7.86. The quantitative estimate of drug-likeness (QED) is 0.740. The molecule has 3 rings (SSSR count). The summed E-state index contributed by atoms with van der Waals surface area (Å²) in [7, 11) is 0. The van der Waals surface area contributed by atoms with Gasteiger partial charge in [0.1, 0.15) is 0 Å². The van der Waals surface area contributed by atoms with Gasteiger partial charge in [-0.1, -0.05) is 25.2 Å². The molecule has 3 aliphatic carbocycles. The Kier molecular flexibility index (Phi) is 3.33. The van der Waals surface area contributed by atoms with E-state index in [4.69, 9.17) is 0 Å².